The van der Waals surface area contributed by atoms with E-state index in [9.17, 15) is 4.79 Å². The van der Waals surface area contributed by atoms with Gasteiger partial charge in [0.25, 0.3) is 0 Å². The number of fused-ring (bicyclic) bond motifs is 3. The van der Waals surface area contributed by atoms with Gasteiger partial charge in [-0.1, -0.05) is 46.3 Å². The third kappa shape index (κ3) is 4.81. The maximum atomic E-state index is 12.4. The second kappa shape index (κ2) is 9.76. The number of rotatable bonds is 4. The Balaban J connectivity index is 1.66. The molecule has 3 aliphatic rings. The third-order valence-electron chi connectivity index (χ3n) is 9.35. The Kier molecular flexibility index (Phi) is 7.75. The highest BCUT2D eigenvalue weighted by molar-refractivity contribution is 5.75. The van der Waals surface area contributed by atoms with Crippen LogP contribution in [0.1, 0.15) is 98.8 Å². The predicted molar refractivity (Wildman–Crippen MR) is 125 cm³/mol. The van der Waals surface area contributed by atoms with Crippen molar-refractivity contribution in [2.45, 2.75) is 111 Å². The number of carbonyl (C=O) groups excluding carboxylic acids is 1. The summed E-state index contributed by atoms with van der Waals surface area (Å²) < 4.78 is 5.88. The summed E-state index contributed by atoms with van der Waals surface area (Å²) in [6, 6.07) is -0.498. The Morgan fingerprint density at radius 3 is 2.40 bits per heavy atom. The summed E-state index contributed by atoms with van der Waals surface area (Å²) in [7, 11) is 0. The van der Waals surface area contributed by atoms with Gasteiger partial charge in [-0.25, -0.2) is 0 Å². The zero-order valence-corrected chi connectivity index (χ0v) is 20.3. The second-order valence-electron chi connectivity index (χ2n) is 11.6. The standard InChI is InChI=1S/C27H47NO2/c1-17(2)23-13-14-24-22-10-8-7-9-20(30-26(29)25(28)18(3)4)12-11-19(5)21(22)15-16-27(23,24)6/h18-25H,1,7-16,28H2,2-6H3. The largest absolute Gasteiger partial charge is 0.461 e. The van der Waals surface area contributed by atoms with Crippen LogP contribution in [0.15, 0.2) is 12.2 Å². The molecule has 3 aliphatic carbocycles. The van der Waals surface area contributed by atoms with E-state index in [0.717, 1.165) is 36.5 Å². The molecular weight excluding hydrogens is 370 g/mol. The van der Waals surface area contributed by atoms with E-state index in [4.69, 9.17) is 10.5 Å². The van der Waals surface area contributed by atoms with Crippen molar-refractivity contribution < 1.29 is 9.53 Å². The number of nitrogens with two attached hydrogens (primary N) is 1. The molecule has 8 atom stereocenters. The zero-order valence-electron chi connectivity index (χ0n) is 20.3. The Morgan fingerprint density at radius 2 is 1.73 bits per heavy atom. The first-order valence-electron chi connectivity index (χ1n) is 12.8. The number of esters is 1. The van der Waals surface area contributed by atoms with Crippen molar-refractivity contribution in [2.24, 2.45) is 46.7 Å². The fourth-order valence-corrected chi connectivity index (χ4v) is 7.44. The lowest BCUT2D eigenvalue weighted by Gasteiger charge is -2.51. The van der Waals surface area contributed by atoms with Crippen LogP contribution >= 0.6 is 0 Å². The number of ether oxygens (including phenoxy) is 1. The van der Waals surface area contributed by atoms with E-state index >= 15 is 0 Å². The van der Waals surface area contributed by atoms with Crippen molar-refractivity contribution in [2.75, 3.05) is 0 Å². The normalized spacial score (nSPS) is 40.9. The minimum atomic E-state index is -0.498. The smallest absolute Gasteiger partial charge is 0.323 e. The third-order valence-corrected chi connectivity index (χ3v) is 9.35. The van der Waals surface area contributed by atoms with Crippen molar-refractivity contribution in [1.82, 2.24) is 0 Å². The molecule has 3 heteroatoms. The van der Waals surface area contributed by atoms with Crippen molar-refractivity contribution in [3.63, 3.8) is 0 Å². The highest BCUT2D eigenvalue weighted by Gasteiger charge is 2.54. The van der Waals surface area contributed by atoms with Gasteiger partial charge in [0, 0.05) is 0 Å². The molecule has 172 valence electrons. The highest BCUT2D eigenvalue weighted by atomic mass is 16.5. The van der Waals surface area contributed by atoms with Gasteiger partial charge in [-0.3, -0.25) is 4.79 Å². The van der Waals surface area contributed by atoms with Crippen LogP contribution in [0.2, 0.25) is 0 Å². The summed E-state index contributed by atoms with van der Waals surface area (Å²) in [6.07, 6.45) is 12.5. The summed E-state index contributed by atoms with van der Waals surface area (Å²) in [5.74, 6) is 3.93. The van der Waals surface area contributed by atoms with Gasteiger partial charge in [-0.15, -0.1) is 0 Å². The lowest BCUT2D eigenvalue weighted by atomic mass is 9.54. The minimum absolute atomic E-state index is 0.0504. The van der Waals surface area contributed by atoms with E-state index in [1.54, 1.807) is 0 Å². The Labute approximate surface area is 185 Å². The monoisotopic (exact) mass is 417 g/mol. The molecule has 0 bridgehead atoms. The molecule has 3 rings (SSSR count). The Hall–Kier alpha value is -0.830. The molecule has 0 spiro atoms. The van der Waals surface area contributed by atoms with Gasteiger partial charge < -0.3 is 10.5 Å². The van der Waals surface area contributed by atoms with E-state index in [1.165, 1.54) is 56.9 Å². The first kappa shape index (κ1) is 23.8. The molecule has 0 amide bonds. The van der Waals surface area contributed by atoms with Crippen LogP contribution in [0, 0.1) is 40.9 Å². The minimum Gasteiger partial charge on any atom is -0.461 e. The maximum Gasteiger partial charge on any atom is 0.323 e. The van der Waals surface area contributed by atoms with Crippen molar-refractivity contribution >= 4 is 5.97 Å². The molecule has 0 radical (unpaired) electrons. The van der Waals surface area contributed by atoms with Crippen molar-refractivity contribution in [3.05, 3.63) is 12.2 Å². The molecule has 30 heavy (non-hydrogen) atoms. The van der Waals surface area contributed by atoms with Gasteiger partial charge >= 0.3 is 5.97 Å². The predicted octanol–water partition coefficient (Wildman–Crippen LogP) is 6.51. The Bertz CT molecular complexity index is 614. The molecule has 3 saturated carbocycles. The zero-order chi connectivity index (χ0) is 22.1. The summed E-state index contributed by atoms with van der Waals surface area (Å²) in [4.78, 5) is 12.4. The molecule has 3 nitrogen and oxygen atoms in total. The molecule has 0 aromatic heterocycles. The van der Waals surface area contributed by atoms with Gasteiger partial charge in [0.05, 0.1) is 0 Å². The average Bonchev–Trinajstić information content (AvgIpc) is 3.05. The van der Waals surface area contributed by atoms with Gasteiger partial charge in [0.2, 0.25) is 0 Å². The van der Waals surface area contributed by atoms with Gasteiger partial charge in [-0.2, -0.15) is 0 Å². The van der Waals surface area contributed by atoms with E-state index in [2.05, 4.69) is 27.4 Å². The molecule has 0 aromatic rings. The summed E-state index contributed by atoms with van der Waals surface area (Å²) in [5, 5.41) is 0. The Morgan fingerprint density at radius 1 is 1.03 bits per heavy atom. The van der Waals surface area contributed by atoms with Crippen molar-refractivity contribution in [3.8, 4) is 0 Å². The van der Waals surface area contributed by atoms with E-state index < -0.39 is 6.04 Å². The molecule has 0 saturated heterocycles. The van der Waals surface area contributed by atoms with Gasteiger partial charge in [0.15, 0.2) is 0 Å². The molecule has 0 aromatic carbocycles. The SMILES string of the molecule is C=C(C)C1CCC2C3CCCCC(OC(=O)C(N)C(C)C)CCC(C)C3CCC12C. The lowest BCUT2D eigenvalue weighted by Crippen LogP contribution is -2.44. The quantitative estimate of drug-likeness (QED) is 0.419. The number of hydrogen-bond acceptors (Lipinski definition) is 3. The maximum absolute atomic E-state index is 12.4. The van der Waals surface area contributed by atoms with Crippen LogP contribution in [0.5, 0.6) is 0 Å². The van der Waals surface area contributed by atoms with E-state index in [-0.39, 0.29) is 18.0 Å². The topological polar surface area (TPSA) is 52.3 Å². The van der Waals surface area contributed by atoms with Crippen LogP contribution in [-0.4, -0.2) is 18.1 Å². The molecule has 0 aliphatic heterocycles. The molecule has 2 N–H and O–H groups in total. The highest BCUT2D eigenvalue weighted by Crippen LogP contribution is 2.62. The van der Waals surface area contributed by atoms with Crippen LogP contribution < -0.4 is 5.73 Å². The number of carbonyl (C=O) groups is 1. The van der Waals surface area contributed by atoms with Gasteiger partial charge in [0.1, 0.15) is 12.1 Å². The number of allylic oxidation sites excluding steroid dienone is 1. The average molecular weight is 418 g/mol. The summed E-state index contributed by atoms with van der Waals surface area (Å²) >= 11 is 0. The number of hydrogen-bond donors (Lipinski definition) is 1. The first-order chi connectivity index (χ1) is 14.1. The van der Waals surface area contributed by atoms with Crippen LogP contribution in [0.4, 0.5) is 0 Å². The molecular formula is C27H47NO2. The van der Waals surface area contributed by atoms with Crippen LogP contribution in [0.25, 0.3) is 0 Å². The van der Waals surface area contributed by atoms with Gasteiger partial charge in [-0.05, 0) is 106 Å². The first-order valence-corrected chi connectivity index (χ1v) is 12.8. The molecule has 3 fully saturated rings. The van der Waals surface area contributed by atoms with Crippen molar-refractivity contribution in [1.29, 1.82) is 0 Å². The van der Waals surface area contributed by atoms with Crippen LogP contribution in [-0.2, 0) is 9.53 Å². The molecule has 8 unspecified atom stereocenters. The molecule has 0 heterocycles. The summed E-state index contributed by atoms with van der Waals surface area (Å²) in [5.41, 5.74) is 7.92. The van der Waals surface area contributed by atoms with E-state index in [1.807, 2.05) is 13.8 Å². The van der Waals surface area contributed by atoms with E-state index in [0.29, 0.717) is 11.3 Å². The fraction of sp³-hybridized carbons (Fsp3) is 0.889. The van der Waals surface area contributed by atoms with Crippen LogP contribution in [0.3, 0.4) is 0 Å². The fourth-order valence-electron chi connectivity index (χ4n) is 7.44. The second-order valence-corrected chi connectivity index (χ2v) is 11.6. The summed E-state index contributed by atoms with van der Waals surface area (Å²) in [6.45, 7) is 15.6. The lowest BCUT2D eigenvalue weighted by molar-refractivity contribution is -0.153.